The van der Waals surface area contributed by atoms with E-state index in [4.69, 9.17) is 0 Å². The summed E-state index contributed by atoms with van der Waals surface area (Å²) in [6.07, 6.45) is 1.20. The Hall–Kier alpha value is -2.62. The van der Waals surface area contributed by atoms with Crippen molar-refractivity contribution in [1.29, 1.82) is 0 Å². The predicted molar refractivity (Wildman–Crippen MR) is 90.1 cm³/mol. The van der Waals surface area contributed by atoms with Gasteiger partial charge in [0.2, 0.25) is 5.91 Å². The van der Waals surface area contributed by atoms with Gasteiger partial charge in [0.05, 0.1) is 11.7 Å². The molecule has 1 unspecified atom stereocenters. The van der Waals surface area contributed by atoms with Crippen molar-refractivity contribution in [2.75, 3.05) is 11.6 Å². The Bertz CT molecular complexity index is 685. The minimum Gasteiger partial charge on any atom is -0.294 e. The van der Waals surface area contributed by atoms with Crippen LogP contribution in [-0.2, 0) is 4.79 Å². The fourth-order valence-corrected chi connectivity index (χ4v) is 3.08. The summed E-state index contributed by atoms with van der Waals surface area (Å²) in [6, 6.07) is 19.1. The Kier molecular flexibility index (Phi) is 4.42. The summed E-state index contributed by atoms with van der Waals surface area (Å²) in [5.74, 6) is 0.116. The molecule has 0 radical (unpaired) electrons. The van der Waals surface area contributed by atoms with Crippen molar-refractivity contribution in [1.82, 2.24) is 5.01 Å². The van der Waals surface area contributed by atoms with Crippen LogP contribution in [0.3, 0.4) is 0 Å². The lowest BCUT2D eigenvalue weighted by Gasteiger charge is -2.33. The van der Waals surface area contributed by atoms with Gasteiger partial charge in [-0.1, -0.05) is 48.5 Å². The third kappa shape index (κ3) is 3.26. The first-order valence-corrected chi connectivity index (χ1v) is 7.87. The normalized spacial score (nSPS) is 17.3. The Morgan fingerprint density at radius 3 is 2.22 bits per heavy atom. The first-order valence-electron chi connectivity index (χ1n) is 7.87. The standard InChI is InChI=1S/C19H20N2O2/c1-15(22)20-13-12-18(21(20)17-10-6-3-7-11-17)14-19(23)16-8-4-2-5-9-16/h2-11,18H,12-14H2,1H3. The van der Waals surface area contributed by atoms with Crippen molar-refractivity contribution in [2.45, 2.75) is 25.8 Å². The zero-order chi connectivity index (χ0) is 16.2. The van der Waals surface area contributed by atoms with Crippen LogP contribution in [0, 0.1) is 0 Å². The number of carbonyl (C=O) groups is 2. The molecule has 118 valence electrons. The SMILES string of the molecule is CC(=O)N1CCC(CC(=O)c2ccccc2)N1c1ccccc1. The molecule has 2 aromatic carbocycles. The Morgan fingerprint density at radius 2 is 1.61 bits per heavy atom. The number of hydrogen-bond acceptors (Lipinski definition) is 3. The van der Waals surface area contributed by atoms with Crippen molar-refractivity contribution in [3.63, 3.8) is 0 Å². The fraction of sp³-hybridized carbons (Fsp3) is 0.263. The van der Waals surface area contributed by atoms with Gasteiger partial charge < -0.3 is 0 Å². The molecule has 1 heterocycles. The van der Waals surface area contributed by atoms with Gasteiger partial charge in [-0.15, -0.1) is 0 Å². The van der Waals surface area contributed by atoms with E-state index in [1.54, 1.807) is 11.9 Å². The molecular formula is C19H20N2O2. The van der Waals surface area contributed by atoms with E-state index in [0.717, 1.165) is 17.7 Å². The lowest BCUT2D eigenvalue weighted by molar-refractivity contribution is -0.128. The van der Waals surface area contributed by atoms with Gasteiger partial charge in [0.25, 0.3) is 0 Å². The first-order chi connectivity index (χ1) is 11.2. The lowest BCUT2D eigenvalue weighted by Crippen LogP contribution is -2.44. The highest BCUT2D eigenvalue weighted by atomic mass is 16.2. The Morgan fingerprint density at radius 1 is 1.00 bits per heavy atom. The van der Waals surface area contributed by atoms with E-state index in [9.17, 15) is 9.59 Å². The maximum atomic E-state index is 12.5. The number of hydrogen-bond donors (Lipinski definition) is 0. The van der Waals surface area contributed by atoms with Crippen molar-refractivity contribution in [2.24, 2.45) is 0 Å². The van der Waals surface area contributed by atoms with E-state index in [-0.39, 0.29) is 17.7 Å². The Labute approximate surface area is 136 Å². The van der Waals surface area contributed by atoms with Crippen molar-refractivity contribution >= 4 is 17.4 Å². The maximum absolute atomic E-state index is 12.5. The van der Waals surface area contributed by atoms with E-state index in [0.29, 0.717) is 13.0 Å². The quantitative estimate of drug-likeness (QED) is 0.814. The van der Waals surface area contributed by atoms with Crippen LogP contribution in [0.5, 0.6) is 0 Å². The number of carbonyl (C=O) groups excluding carboxylic acids is 2. The molecule has 1 aliphatic heterocycles. The summed E-state index contributed by atoms with van der Waals surface area (Å²) in [6.45, 7) is 2.22. The summed E-state index contributed by atoms with van der Waals surface area (Å²) in [4.78, 5) is 24.5. The van der Waals surface area contributed by atoms with E-state index in [2.05, 4.69) is 0 Å². The number of Topliss-reactive ketones (excluding diaryl/α,β-unsaturated/α-hetero) is 1. The summed E-state index contributed by atoms with van der Waals surface area (Å²) in [5.41, 5.74) is 1.67. The zero-order valence-electron chi connectivity index (χ0n) is 13.2. The number of benzene rings is 2. The highest BCUT2D eigenvalue weighted by Crippen LogP contribution is 2.29. The average molecular weight is 308 g/mol. The molecule has 3 rings (SSSR count). The molecule has 0 saturated carbocycles. The van der Waals surface area contributed by atoms with Crippen LogP contribution in [0.1, 0.15) is 30.1 Å². The van der Waals surface area contributed by atoms with Crippen molar-refractivity contribution < 1.29 is 9.59 Å². The highest BCUT2D eigenvalue weighted by molar-refractivity contribution is 5.96. The summed E-state index contributed by atoms with van der Waals surface area (Å²) in [7, 11) is 0. The van der Waals surface area contributed by atoms with E-state index in [1.807, 2.05) is 65.7 Å². The number of nitrogens with zero attached hydrogens (tertiary/aromatic N) is 2. The third-order valence-corrected chi connectivity index (χ3v) is 4.18. The minimum atomic E-state index is 0.00325. The lowest BCUT2D eigenvalue weighted by atomic mass is 10.0. The monoisotopic (exact) mass is 308 g/mol. The molecule has 0 bridgehead atoms. The minimum absolute atomic E-state index is 0.00325. The molecule has 0 N–H and O–H groups in total. The number of anilines is 1. The van der Waals surface area contributed by atoms with Crippen LogP contribution in [0.2, 0.25) is 0 Å². The van der Waals surface area contributed by atoms with E-state index < -0.39 is 0 Å². The average Bonchev–Trinajstić information content (AvgIpc) is 3.00. The number of para-hydroxylation sites is 1. The molecule has 0 aromatic heterocycles. The number of rotatable bonds is 4. The van der Waals surface area contributed by atoms with E-state index in [1.165, 1.54) is 0 Å². The number of amides is 1. The molecule has 4 nitrogen and oxygen atoms in total. The summed E-state index contributed by atoms with van der Waals surface area (Å²) < 4.78 is 0. The first kappa shape index (κ1) is 15.3. The molecule has 2 aromatic rings. The van der Waals surface area contributed by atoms with Crippen molar-refractivity contribution in [3.8, 4) is 0 Å². The second-order valence-electron chi connectivity index (χ2n) is 5.76. The molecule has 0 aliphatic carbocycles. The van der Waals surface area contributed by atoms with Gasteiger partial charge in [0, 0.05) is 25.5 Å². The Balaban J connectivity index is 1.83. The predicted octanol–water partition coefficient (Wildman–Crippen LogP) is 3.30. The molecule has 4 heteroatoms. The number of hydrazine groups is 1. The van der Waals surface area contributed by atoms with Gasteiger partial charge in [0.1, 0.15) is 0 Å². The topological polar surface area (TPSA) is 40.6 Å². The molecule has 1 fully saturated rings. The molecule has 1 atom stereocenters. The smallest absolute Gasteiger partial charge is 0.237 e. The van der Waals surface area contributed by atoms with E-state index >= 15 is 0 Å². The summed E-state index contributed by atoms with van der Waals surface area (Å²) in [5, 5.41) is 3.71. The van der Waals surface area contributed by atoms with Crippen LogP contribution in [0.25, 0.3) is 0 Å². The second kappa shape index (κ2) is 6.65. The molecule has 1 aliphatic rings. The van der Waals surface area contributed by atoms with Gasteiger partial charge >= 0.3 is 0 Å². The second-order valence-corrected chi connectivity index (χ2v) is 5.76. The van der Waals surface area contributed by atoms with Crippen LogP contribution in [-0.4, -0.2) is 29.3 Å². The van der Waals surface area contributed by atoms with Crippen LogP contribution in [0.4, 0.5) is 5.69 Å². The van der Waals surface area contributed by atoms with Crippen LogP contribution in [0.15, 0.2) is 60.7 Å². The largest absolute Gasteiger partial charge is 0.294 e. The zero-order valence-corrected chi connectivity index (χ0v) is 13.2. The van der Waals surface area contributed by atoms with Crippen LogP contribution < -0.4 is 5.01 Å². The van der Waals surface area contributed by atoms with Gasteiger partial charge in [0.15, 0.2) is 5.78 Å². The number of ketones is 1. The molecule has 23 heavy (non-hydrogen) atoms. The summed E-state index contributed by atoms with van der Waals surface area (Å²) >= 11 is 0. The molecular weight excluding hydrogens is 288 g/mol. The fourth-order valence-electron chi connectivity index (χ4n) is 3.08. The van der Waals surface area contributed by atoms with Gasteiger partial charge in [-0.2, -0.15) is 0 Å². The van der Waals surface area contributed by atoms with Crippen molar-refractivity contribution in [3.05, 3.63) is 66.2 Å². The highest BCUT2D eigenvalue weighted by Gasteiger charge is 2.34. The molecule has 0 spiro atoms. The third-order valence-electron chi connectivity index (χ3n) is 4.18. The van der Waals surface area contributed by atoms with Crippen LogP contribution >= 0.6 is 0 Å². The molecule has 1 amide bonds. The van der Waals surface area contributed by atoms with Gasteiger partial charge in [-0.25, -0.2) is 0 Å². The van der Waals surface area contributed by atoms with Gasteiger partial charge in [-0.05, 0) is 18.6 Å². The van der Waals surface area contributed by atoms with Gasteiger partial charge in [-0.3, -0.25) is 19.6 Å². The maximum Gasteiger partial charge on any atom is 0.237 e. The molecule has 1 saturated heterocycles.